The van der Waals surface area contributed by atoms with Crippen LogP contribution in [0, 0.1) is 0 Å². The van der Waals surface area contributed by atoms with Gasteiger partial charge >= 0.3 is 0 Å². The van der Waals surface area contributed by atoms with Gasteiger partial charge in [-0.2, -0.15) is 0 Å². The van der Waals surface area contributed by atoms with E-state index in [1.165, 1.54) is 5.56 Å². The van der Waals surface area contributed by atoms with Crippen LogP contribution in [0.3, 0.4) is 0 Å². The Balaban J connectivity index is 1.30. The number of nitrogens with one attached hydrogen (secondary N) is 1. The second kappa shape index (κ2) is 9.13. The zero-order valence-corrected chi connectivity index (χ0v) is 17.8. The molecule has 30 heavy (non-hydrogen) atoms. The van der Waals surface area contributed by atoms with Crippen LogP contribution in [-0.4, -0.2) is 26.5 Å². The number of pyridine rings is 1. The Hall–Kier alpha value is -3.12. The number of rotatable bonds is 8. The predicted octanol–water partition coefficient (Wildman–Crippen LogP) is 5.29. The number of hydrogen-bond acceptors (Lipinski definition) is 5. The first-order valence-corrected chi connectivity index (χ1v) is 10.4. The maximum absolute atomic E-state index is 6.05. The Morgan fingerprint density at radius 1 is 1.10 bits per heavy atom. The molecule has 4 rings (SSSR count). The van der Waals surface area contributed by atoms with Crippen LogP contribution >= 0.6 is 11.6 Å². The minimum atomic E-state index is 0.393. The van der Waals surface area contributed by atoms with Gasteiger partial charge in [-0.25, -0.2) is 0 Å². The van der Waals surface area contributed by atoms with E-state index < -0.39 is 0 Å². The van der Waals surface area contributed by atoms with E-state index in [-0.39, 0.29) is 0 Å². The van der Waals surface area contributed by atoms with Gasteiger partial charge in [0.15, 0.2) is 0 Å². The number of hydrogen-bond donors (Lipinski definition) is 1. The van der Waals surface area contributed by atoms with E-state index in [0.717, 1.165) is 28.0 Å². The molecule has 7 heteroatoms. The van der Waals surface area contributed by atoms with Gasteiger partial charge in [0.25, 0.3) is 0 Å². The zero-order valence-electron chi connectivity index (χ0n) is 17.0. The Morgan fingerprint density at radius 2 is 1.93 bits per heavy atom. The Labute approximate surface area is 180 Å². The minimum Gasteiger partial charge on any atom is -0.487 e. The standard InChI is InChI=1S/C23H24ClN5O/c1-16(2)17-3-6-20(7-4-17)30-15-19-14-29(28-27-19)12-11-26-22-9-10-25-23-13-18(24)5-8-21(22)23/h3-10,13-14,16H,11-12,15H2,1-2H3,(H,25,26). The van der Waals surface area contributed by atoms with Crippen molar-refractivity contribution in [3.05, 3.63) is 77.2 Å². The highest BCUT2D eigenvalue weighted by atomic mass is 35.5. The van der Waals surface area contributed by atoms with Crippen LogP contribution in [0.4, 0.5) is 5.69 Å². The third-order valence-electron chi connectivity index (χ3n) is 4.88. The van der Waals surface area contributed by atoms with Gasteiger partial charge < -0.3 is 10.1 Å². The van der Waals surface area contributed by atoms with Gasteiger partial charge in [-0.05, 0) is 47.9 Å². The van der Waals surface area contributed by atoms with Gasteiger partial charge in [-0.3, -0.25) is 9.67 Å². The smallest absolute Gasteiger partial charge is 0.134 e. The molecule has 4 aromatic rings. The van der Waals surface area contributed by atoms with Crippen molar-refractivity contribution in [3.63, 3.8) is 0 Å². The number of benzene rings is 2. The van der Waals surface area contributed by atoms with E-state index in [1.807, 2.05) is 47.3 Å². The van der Waals surface area contributed by atoms with Gasteiger partial charge in [0, 0.05) is 28.8 Å². The summed E-state index contributed by atoms with van der Waals surface area (Å²) in [6.07, 6.45) is 3.69. The van der Waals surface area contributed by atoms with Gasteiger partial charge in [0.05, 0.1) is 18.3 Å². The summed E-state index contributed by atoms with van der Waals surface area (Å²) in [5, 5.41) is 13.5. The normalized spacial score (nSPS) is 11.2. The first-order chi connectivity index (χ1) is 14.6. The van der Waals surface area contributed by atoms with Crippen LogP contribution in [0.15, 0.2) is 60.9 Å². The van der Waals surface area contributed by atoms with Crippen molar-refractivity contribution >= 4 is 28.2 Å². The summed E-state index contributed by atoms with van der Waals surface area (Å²) in [5.41, 5.74) is 3.98. The lowest BCUT2D eigenvalue weighted by molar-refractivity contribution is 0.301. The molecule has 0 radical (unpaired) electrons. The topological polar surface area (TPSA) is 64.9 Å². The summed E-state index contributed by atoms with van der Waals surface area (Å²) in [7, 11) is 0. The highest BCUT2D eigenvalue weighted by Crippen LogP contribution is 2.24. The monoisotopic (exact) mass is 421 g/mol. The van der Waals surface area contributed by atoms with E-state index in [1.54, 1.807) is 6.20 Å². The van der Waals surface area contributed by atoms with Crippen molar-refractivity contribution in [1.29, 1.82) is 0 Å². The highest BCUT2D eigenvalue weighted by Gasteiger charge is 2.05. The highest BCUT2D eigenvalue weighted by molar-refractivity contribution is 6.31. The van der Waals surface area contributed by atoms with Crippen LogP contribution in [0.2, 0.25) is 5.02 Å². The molecule has 0 atom stereocenters. The van der Waals surface area contributed by atoms with Gasteiger partial charge in [-0.1, -0.05) is 42.8 Å². The predicted molar refractivity (Wildman–Crippen MR) is 120 cm³/mol. The number of aromatic nitrogens is 4. The third-order valence-corrected chi connectivity index (χ3v) is 5.12. The Bertz CT molecular complexity index is 1120. The average molecular weight is 422 g/mol. The van der Waals surface area contributed by atoms with Gasteiger partial charge in [-0.15, -0.1) is 5.10 Å². The molecule has 0 saturated carbocycles. The number of anilines is 1. The molecular formula is C23H24ClN5O. The maximum Gasteiger partial charge on any atom is 0.134 e. The van der Waals surface area contributed by atoms with Crippen LogP contribution in [0.25, 0.3) is 10.9 Å². The fourth-order valence-corrected chi connectivity index (χ4v) is 3.37. The van der Waals surface area contributed by atoms with Crippen molar-refractivity contribution in [1.82, 2.24) is 20.0 Å². The number of halogens is 1. The molecule has 0 aliphatic carbocycles. The average Bonchev–Trinajstić information content (AvgIpc) is 3.20. The minimum absolute atomic E-state index is 0.393. The lowest BCUT2D eigenvalue weighted by Crippen LogP contribution is -2.11. The molecule has 0 amide bonds. The van der Waals surface area contributed by atoms with Crippen LogP contribution in [0.5, 0.6) is 5.75 Å². The molecule has 0 fully saturated rings. The molecular weight excluding hydrogens is 398 g/mol. The molecule has 2 aromatic heterocycles. The maximum atomic E-state index is 6.05. The number of nitrogens with zero attached hydrogens (tertiary/aromatic N) is 4. The summed E-state index contributed by atoms with van der Waals surface area (Å²) in [5.74, 6) is 1.34. The lowest BCUT2D eigenvalue weighted by atomic mass is 10.0. The van der Waals surface area contributed by atoms with E-state index >= 15 is 0 Å². The van der Waals surface area contributed by atoms with Gasteiger partial charge in [0.1, 0.15) is 18.1 Å². The van der Waals surface area contributed by atoms with E-state index in [2.05, 4.69) is 46.6 Å². The quantitative estimate of drug-likeness (QED) is 0.418. The van der Waals surface area contributed by atoms with Gasteiger partial charge in [0.2, 0.25) is 0 Å². The summed E-state index contributed by atoms with van der Waals surface area (Å²) in [6, 6.07) is 15.9. The molecule has 0 unspecified atom stereocenters. The molecule has 1 N–H and O–H groups in total. The largest absolute Gasteiger partial charge is 0.487 e. The van der Waals surface area contributed by atoms with E-state index in [9.17, 15) is 0 Å². The second-order valence-electron chi connectivity index (χ2n) is 7.43. The molecule has 2 heterocycles. The first-order valence-electron chi connectivity index (χ1n) is 9.98. The summed E-state index contributed by atoms with van der Waals surface area (Å²) in [4.78, 5) is 4.37. The molecule has 0 saturated heterocycles. The molecule has 2 aromatic carbocycles. The molecule has 0 aliphatic heterocycles. The fraction of sp³-hybridized carbons (Fsp3) is 0.261. The van der Waals surface area contributed by atoms with E-state index in [0.29, 0.717) is 30.6 Å². The third kappa shape index (κ3) is 4.89. The first kappa shape index (κ1) is 20.2. The second-order valence-corrected chi connectivity index (χ2v) is 7.87. The molecule has 0 spiro atoms. The Kier molecular flexibility index (Phi) is 6.14. The SMILES string of the molecule is CC(C)c1ccc(OCc2cn(CCNc3ccnc4cc(Cl)ccc34)nn2)cc1. The molecule has 0 bridgehead atoms. The fourth-order valence-electron chi connectivity index (χ4n) is 3.20. The molecule has 6 nitrogen and oxygen atoms in total. The summed E-state index contributed by atoms with van der Waals surface area (Å²) in [6.45, 7) is 6.14. The summed E-state index contributed by atoms with van der Waals surface area (Å²) < 4.78 is 7.64. The van der Waals surface area contributed by atoms with Crippen molar-refractivity contribution in [2.75, 3.05) is 11.9 Å². The van der Waals surface area contributed by atoms with Crippen molar-refractivity contribution in [2.24, 2.45) is 0 Å². The van der Waals surface area contributed by atoms with Crippen LogP contribution in [0.1, 0.15) is 31.0 Å². The summed E-state index contributed by atoms with van der Waals surface area (Å²) >= 11 is 6.05. The number of ether oxygens (including phenoxy) is 1. The van der Waals surface area contributed by atoms with Crippen molar-refractivity contribution in [3.8, 4) is 5.75 Å². The number of fused-ring (bicyclic) bond motifs is 1. The van der Waals surface area contributed by atoms with Crippen LogP contribution in [-0.2, 0) is 13.2 Å². The molecule has 154 valence electrons. The lowest BCUT2D eigenvalue weighted by Gasteiger charge is -2.09. The van der Waals surface area contributed by atoms with E-state index in [4.69, 9.17) is 16.3 Å². The Morgan fingerprint density at radius 3 is 2.73 bits per heavy atom. The molecule has 0 aliphatic rings. The van der Waals surface area contributed by atoms with Crippen molar-refractivity contribution in [2.45, 2.75) is 32.9 Å². The zero-order chi connectivity index (χ0) is 20.9. The van der Waals surface area contributed by atoms with Crippen LogP contribution < -0.4 is 10.1 Å². The van der Waals surface area contributed by atoms with Crippen molar-refractivity contribution < 1.29 is 4.74 Å².